The molecule has 0 aliphatic rings. The summed E-state index contributed by atoms with van der Waals surface area (Å²) in [5.74, 6) is -0.273. The molecule has 1 aromatic rings. The first-order valence-electron chi connectivity index (χ1n) is 5.62. The Hall–Kier alpha value is -2.01. The molecule has 0 fully saturated rings. The monoisotopic (exact) mass is 278 g/mol. The second-order valence-corrected chi connectivity index (χ2v) is 4.24. The number of hydrogen-bond acceptors (Lipinski definition) is 4. The van der Waals surface area contributed by atoms with Gasteiger partial charge in [0.25, 0.3) is 5.91 Å². The average molecular weight is 279 g/mol. The Morgan fingerprint density at radius 1 is 1.53 bits per heavy atom. The topological polar surface area (TPSA) is 67.2 Å². The van der Waals surface area contributed by atoms with E-state index < -0.39 is 0 Å². The SMILES string of the molecule is C=N/C=C(Cl)\C=C/C(C)NC(=O)c1nccnc1C. The van der Waals surface area contributed by atoms with E-state index in [2.05, 4.69) is 27.0 Å². The number of amides is 1. The molecule has 0 radical (unpaired) electrons. The molecule has 0 bridgehead atoms. The molecule has 6 heteroatoms. The van der Waals surface area contributed by atoms with Crippen LogP contribution in [0.25, 0.3) is 0 Å². The first-order valence-corrected chi connectivity index (χ1v) is 6.00. The van der Waals surface area contributed by atoms with Gasteiger partial charge in [0.2, 0.25) is 0 Å². The zero-order chi connectivity index (χ0) is 14.3. The van der Waals surface area contributed by atoms with Crippen molar-refractivity contribution in [1.82, 2.24) is 15.3 Å². The van der Waals surface area contributed by atoms with Crippen LogP contribution < -0.4 is 5.32 Å². The van der Waals surface area contributed by atoms with E-state index in [0.29, 0.717) is 16.4 Å². The van der Waals surface area contributed by atoms with Gasteiger partial charge in [-0.15, -0.1) is 0 Å². The lowest BCUT2D eigenvalue weighted by atomic mass is 10.2. The summed E-state index contributed by atoms with van der Waals surface area (Å²) in [6.45, 7) is 6.85. The lowest BCUT2D eigenvalue weighted by Crippen LogP contribution is -2.32. The van der Waals surface area contributed by atoms with Crippen LogP contribution in [0.5, 0.6) is 0 Å². The summed E-state index contributed by atoms with van der Waals surface area (Å²) in [5, 5.41) is 3.21. The van der Waals surface area contributed by atoms with Crippen molar-refractivity contribution in [1.29, 1.82) is 0 Å². The second kappa shape index (κ2) is 7.43. The first-order chi connectivity index (χ1) is 9.04. The van der Waals surface area contributed by atoms with Crippen LogP contribution in [-0.4, -0.2) is 28.6 Å². The van der Waals surface area contributed by atoms with Gasteiger partial charge in [0.15, 0.2) is 0 Å². The molecule has 0 aliphatic carbocycles. The van der Waals surface area contributed by atoms with Crippen molar-refractivity contribution in [3.05, 3.63) is 47.2 Å². The Bertz CT molecular complexity index is 525. The fourth-order valence-corrected chi connectivity index (χ4v) is 1.46. The highest BCUT2D eigenvalue weighted by atomic mass is 35.5. The molecule has 19 heavy (non-hydrogen) atoms. The van der Waals surface area contributed by atoms with Crippen LogP contribution in [0.1, 0.15) is 23.1 Å². The van der Waals surface area contributed by atoms with Crippen molar-refractivity contribution in [2.75, 3.05) is 0 Å². The molecule has 0 spiro atoms. The molecule has 5 nitrogen and oxygen atoms in total. The van der Waals surface area contributed by atoms with Gasteiger partial charge >= 0.3 is 0 Å². The maximum absolute atomic E-state index is 11.9. The molecule has 1 rings (SSSR count). The lowest BCUT2D eigenvalue weighted by Gasteiger charge is -2.09. The van der Waals surface area contributed by atoms with Gasteiger partial charge in [-0.25, -0.2) is 4.98 Å². The van der Waals surface area contributed by atoms with Crippen molar-refractivity contribution in [2.24, 2.45) is 4.99 Å². The Morgan fingerprint density at radius 3 is 2.84 bits per heavy atom. The molecule has 0 saturated carbocycles. The van der Waals surface area contributed by atoms with Crippen LogP contribution in [0.2, 0.25) is 0 Å². The molecule has 1 heterocycles. The highest BCUT2D eigenvalue weighted by molar-refractivity contribution is 6.31. The molecule has 1 unspecified atom stereocenters. The fourth-order valence-electron chi connectivity index (χ4n) is 1.32. The van der Waals surface area contributed by atoms with Gasteiger partial charge in [0, 0.05) is 24.6 Å². The van der Waals surface area contributed by atoms with Crippen molar-refractivity contribution in [2.45, 2.75) is 19.9 Å². The minimum absolute atomic E-state index is 0.194. The van der Waals surface area contributed by atoms with E-state index in [1.165, 1.54) is 12.4 Å². The van der Waals surface area contributed by atoms with Crippen LogP contribution >= 0.6 is 11.6 Å². The number of carbonyl (C=O) groups excluding carboxylic acids is 1. The summed E-state index contributed by atoms with van der Waals surface area (Å²) in [5.41, 5.74) is 0.905. The number of nitrogens with one attached hydrogen (secondary N) is 1. The van der Waals surface area contributed by atoms with Crippen LogP contribution in [0.4, 0.5) is 0 Å². The molecule has 1 aromatic heterocycles. The summed E-state index contributed by atoms with van der Waals surface area (Å²) in [6.07, 6.45) is 7.83. The number of allylic oxidation sites excluding steroid dienone is 2. The van der Waals surface area contributed by atoms with Gasteiger partial charge in [-0.3, -0.25) is 14.8 Å². The third kappa shape index (κ3) is 5.01. The van der Waals surface area contributed by atoms with Gasteiger partial charge < -0.3 is 5.32 Å². The zero-order valence-electron chi connectivity index (χ0n) is 10.8. The van der Waals surface area contributed by atoms with Crippen LogP contribution in [-0.2, 0) is 0 Å². The van der Waals surface area contributed by atoms with Gasteiger partial charge in [-0.05, 0) is 26.6 Å². The highest BCUT2D eigenvalue weighted by Crippen LogP contribution is 2.04. The number of aliphatic imine (C=N–C) groups is 1. The molecule has 100 valence electrons. The van der Waals surface area contributed by atoms with Crippen molar-refractivity contribution in [3.8, 4) is 0 Å². The summed E-state index contributed by atoms with van der Waals surface area (Å²) in [7, 11) is 0. The Kier molecular flexibility index (Phi) is 5.89. The number of aryl methyl sites for hydroxylation is 1. The van der Waals surface area contributed by atoms with Gasteiger partial charge in [0.05, 0.1) is 10.7 Å². The third-order valence-corrected chi connectivity index (χ3v) is 2.44. The largest absolute Gasteiger partial charge is 0.345 e. The number of halogens is 1. The predicted molar refractivity (Wildman–Crippen MR) is 76.3 cm³/mol. The van der Waals surface area contributed by atoms with Crippen LogP contribution in [0, 0.1) is 6.92 Å². The van der Waals surface area contributed by atoms with Crippen LogP contribution in [0.3, 0.4) is 0 Å². The first kappa shape index (κ1) is 15.0. The Balaban J connectivity index is 2.65. The molecule has 0 aliphatic heterocycles. The molecular weight excluding hydrogens is 264 g/mol. The van der Waals surface area contributed by atoms with Gasteiger partial charge in [0.1, 0.15) is 5.69 Å². The summed E-state index contributed by atoms with van der Waals surface area (Å²) in [6, 6.07) is -0.194. The van der Waals surface area contributed by atoms with E-state index in [0.717, 1.165) is 0 Å². The normalized spacial score (nSPS) is 13.3. The van der Waals surface area contributed by atoms with Crippen molar-refractivity contribution < 1.29 is 4.79 Å². The molecule has 0 aromatic carbocycles. The fraction of sp³-hybridized carbons (Fsp3) is 0.231. The number of hydrogen-bond donors (Lipinski definition) is 1. The lowest BCUT2D eigenvalue weighted by molar-refractivity contribution is 0.0940. The van der Waals surface area contributed by atoms with E-state index >= 15 is 0 Å². The van der Waals surface area contributed by atoms with Gasteiger partial charge in [-0.2, -0.15) is 0 Å². The van der Waals surface area contributed by atoms with Crippen LogP contribution in [0.15, 0.2) is 40.8 Å². The maximum Gasteiger partial charge on any atom is 0.272 e. The standard InChI is InChI=1S/C13H15ClN4O/c1-9(4-5-11(14)8-15-3)18-13(19)12-10(2)16-6-7-17-12/h4-9H,3H2,1-2H3,(H,18,19)/b5-4-,11-8+. The Morgan fingerprint density at radius 2 is 2.21 bits per heavy atom. The average Bonchev–Trinajstić information content (AvgIpc) is 2.37. The predicted octanol–water partition coefficient (Wildman–Crippen LogP) is 2.24. The third-order valence-electron chi connectivity index (χ3n) is 2.21. The van der Waals surface area contributed by atoms with Gasteiger partial charge in [-0.1, -0.05) is 17.7 Å². The molecule has 1 amide bonds. The molecule has 1 atom stereocenters. The van der Waals surface area contributed by atoms with E-state index in [9.17, 15) is 4.79 Å². The molecular formula is C13H15ClN4O. The maximum atomic E-state index is 11.9. The van der Waals surface area contributed by atoms with E-state index in [1.807, 2.05) is 6.92 Å². The minimum Gasteiger partial charge on any atom is -0.345 e. The van der Waals surface area contributed by atoms with Crippen molar-refractivity contribution >= 4 is 24.2 Å². The van der Waals surface area contributed by atoms with E-state index in [4.69, 9.17) is 11.6 Å². The number of rotatable bonds is 5. The number of aromatic nitrogens is 2. The summed E-state index contributed by atoms with van der Waals surface area (Å²) >= 11 is 5.81. The number of carbonyl (C=O) groups is 1. The second-order valence-electron chi connectivity index (χ2n) is 3.81. The summed E-state index contributed by atoms with van der Waals surface area (Å²) < 4.78 is 0. The Labute approximate surface area is 117 Å². The smallest absolute Gasteiger partial charge is 0.272 e. The zero-order valence-corrected chi connectivity index (χ0v) is 11.6. The summed E-state index contributed by atoms with van der Waals surface area (Å²) in [4.78, 5) is 23.5. The number of nitrogens with zero attached hydrogens (tertiary/aromatic N) is 3. The molecule has 0 saturated heterocycles. The minimum atomic E-state index is -0.273. The van der Waals surface area contributed by atoms with Crippen molar-refractivity contribution in [3.63, 3.8) is 0 Å². The van der Waals surface area contributed by atoms with E-state index in [1.54, 1.807) is 25.3 Å². The molecule has 1 N–H and O–H groups in total. The van der Waals surface area contributed by atoms with E-state index in [-0.39, 0.29) is 11.9 Å². The highest BCUT2D eigenvalue weighted by Gasteiger charge is 2.12. The quantitative estimate of drug-likeness (QED) is 0.663.